The van der Waals surface area contributed by atoms with Gasteiger partial charge in [-0.25, -0.2) is 4.99 Å². The lowest BCUT2D eigenvalue weighted by Gasteiger charge is -2.19. The van der Waals surface area contributed by atoms with Gasteiger partial charge < -0.3 is 9.57 Å². The van der Waals surface area contributed by atoms with Crippen LogP contribution >= 0.6 is 0 Å². The molecule has 121 valence electrons. The van der Waals surface area contributed by atoms with E-state index in [0.717, 1.165) is 22.6 Å². The molecule has 0 aliphatic heterocycles. The molecule has 5 nitrogen and oxygen atoms in total. The number of para-hydroxylation sites is 1. The number of hydrogen-bond acceptors (Lipinski definition) is 5. The number of allylic oxidation sites excluding steroid dienone is 3. The summed E-state index contributed by atoms with van der Waals surface area (Å²) in [5.41, 5.74) is 2.76. The molecular weight excluding hydrogens is 290 g/mol. The Balaban J connectivity index is 2.03. The molecule has 0 saturated carbocycles. The van der Waals surface area contributed by atoms with Crippen molar-refractivity contribution < 1.29 is 9.57 Å². The highest BCUT2D eigenvalue weighted by Gasteiger charge is 2.14. The quantitative estimate of drug-likeness (QED) is 0.442. The molecule has 1 aliphatic carbocycles. The van der Waals surface area contributed by atoms with Crippen molar-refractivity contribution in [1.82, 2.24) is 4.90 Å². The van der Waals surface area contributed by atoms with Gasteiger partial charge in [-0.05, 0) is 45.4 Å². The van der Waals surface area contributed by atoms with Crippen molar-refractivity contribution >= 4 is 12.4 Å². The zero-order valence-corrected chi connectivity index (χ0v) is 13.8. The van der Waals surface area contributed by atoms with E-state index in [-0.39, 0.29) is 0 Å². The summed E-state index contributed by atoms with van der Waals surface area (Å²) in [5, 5.41) is 4.20. The minimum Gasteiger partial charge on any atom is -0.489 e. The number of ether oxygens (including phenoxy) is 1. The van der Waals surface area contributed by atoms with Crippen LogP contribution in [-0.4, -0.2) is 44.4 Å². The standard InChI is InChI=1S/C18H22N3O2/c1-14-9-5-8-12-17(14)22-13-15-10-6-7-11-16(15)20-23-18(19-2)21(3)4/h5-9,12,18H,2,11,13H2,1,3-4H3. The van der Waals surface area contributed by atoms with Gasteiger partial charge in [0.25, 0.3) is 6.35 Å². The van der Waals surface area contributed by atoms with Gasteiger partial charge in [0.05, 0.1) is 5.71 Å². The smallest absolute Gasteiger partial charge is 0.274 e. The van der Waals surface area contributed by atoms with Gasteiger partial charge in [0.2, 0.25) is 0 Å². The van der Waals surface area contributed by atoms with Gasteiger partial charge in [0.1, 0.15) is 12.4 Å². The Hall–Kier alpha value is -2.40. The molecule has 0 N–H and O–H groups in total. The fourth-order valence-corrected chi connectivity index (χ4v) is 2.02. The Kier molecular flexibility index (Phi) is 6.11. The minimum atomic E-state index is -0.507. The number of benzene rings is 1. The molecule has 23 heavy (non-hydrogen) atoms. The molecule has 2 rings (SSSR count). The second-order valence-electron chi connectivity index (χ2n) is 5.40. The van der Waals surface area contributed by atoms with Crippen molar-refractivity contribution in [3.63, 3.8) is 0 Å². The molecule has 5 heteroatoms. The molecule has 1 unspecified atom stereocenters. The molecule has 1 aromatic rings. The number of rotatable bonds is 7. The highest BCUT2D eigenvalue weighted by molar-refractivity contribution is 6.01. The maximum absolute atomic E-state index is 5.87. The molecular formula is C18H22N3O2. The molecule has 1 radical (unpaired) electrons. The van der Waals surface area contributed by atoms with Crippen molar-refractivity contribution in [2.45, 2.75) is 19.7 Å². The van der Waals surface area contributed by atoms with Gasteiger partial charge in [-0.15, -0.1) is 0 Å². The number of aryl methyl sites for hydroxylation is 1. The molecule has 1 atom stereocenters. The number of hydrogen-bond donors (Lipinski definition) is 0. The van der Waals surface area contributed by atoms with Gasteiger partial charge in [0, 0.05) is 12.0 Å². The van der Waals surface area contributed by atoms with Crippen LogP contribution in [0, 0.1) is 13.0 Å². The van der Waals surface area contributed by atoms with Crippen LogP contribution < -0.4 is 4.74 Å². The van der Waals surface area contributed by atoms with Crippen LogP contribution in [0.1, 0.15) is 12.0 Å². The first-order valence-electron chi connectivity index (χ1n) is 7.43. The molecule has 0 spiro atoms. The summed E-state index contributed by atoms with van der Waals surface area (Å²) in [6, 6.07) is 7.91. The van der Waals surface area contributed by atoms with Crippen molar-refractivity contribution in [2.75, 3.05) is 20.7 Å². The summed E-state index contributed by atoms with van der Waals surface area (Å²) in [7, 11) is 3.70. The fourth-order valence-electron chi connectivity index (χ4n) is 2.02. The summed E-state index contributed by atoms with van der Waals surface area (Å²) in [4.78, 5) is 11.1. The highest BCUT2D eigenvalue weighted by atomic mass is 16.7. The summed E-state index contributed by atoms with van der Waals surface area (Å²) in [6.07, 6.45) is 7.20. The van der Waals surface area contributed by atoms with Crippen LogP contribution in [0.2, 0.25) is 0 Å². The summed E-state index contributed by atoms with van der Waals surface area (Å²) >= 11 is 0. The van der Waals surface area contributed by atoms with Crippen LogP contribution in [0.5, 0.6) is 5.75 Å². The first-order valence-corrected chi connectivity index (χ1v) is 7.43. The monoisotopic (exact) mass is 312 g/mol. The summed E-state index contributed by atoms with van der Waals surface area (Å²) in [6.45, 7) is 5.92. The largest absolute Gasteiger partial charge is 0.489 e. The zero-order chi connectivity index (χ0) is 16.7. The van der Waals surface area contributed by atoms with E-state index in [1.54, 1.807) is 4.90 Å². The first-order chi connectivity index (χ1) is 11.1. The average Bonchev–Trinajstić information content (AvgIpc) is 2.55. The lowest BCUT2D eigenvalue weighted by Crippen LogP contribution is -2.27. The third-order valence-corrected chi connectivity index (χ3v) is 3.36. The van der Waals surface area contributed by atoms with E-state index in [2.05, 4.69) is 22.9 Å². The average molecular weight is 312 g/mol. The van der Waals surface area contributed by atoms with E-state index in [9.17, 15) is 0 Å². The lowest BCUT2D eigenvalue weighted by atomic mass is 10.0. The van der Waals surface area contributed by atoms with E-state index in [1.165, 1.54) is 0 Å². The Morgan fingerprint density at radius 2 is 2.13 bits per heavy atom. The molecule has 1 aliphatic rings. The number of nitrogens with zero attached hydrogens (tertiary/aromatic N) is 3. The van der Waals surface area contributed by atoms with Crippen LogP contribution in [0.15, 0.2) is 52.1 Å². The topological polar surface area (TPSA) is 46.4 Å². The first kappa shape index (κ1) is 17.0. The predicted octanol–water partition coefficient (Wildman–Crippen LogP) is 2.98. The van der Waals surface area contributed by atoms with Crippen LogP contribution in [-0.2, 0) is 4.84 Å². The van der Waals surface area contributed by atoms with Crippen molar-refractivity contribution in [2.24, 2.45) is 10.1 Å². The predicted molar refractivity (Wildman–Crippen MR) is 92.7 cm³/mol. The summed E-state index contributed by atoms with van der Waals surface area (Å²) < 4.78 is 5.87. The van der Waals surface area contributed by atoms with E-state index in [4.69, 9.17) is 9.57 Å². The Morgan fingerprint density at radius 3 is 2.83 bits per heavy atom. The third kappa shape index (κ3) is 4.79. The molecule has 1 aromatic carbocycles. The molecule has 0 bridgehead atoms. The second-order valence-corrected chi connectivity index (χ2v) is 5.40. The Bertz CT molecular complexity index is 633. The van der Waals surface area contributed by atoms with E-state index in [1.807, 2.05) is 57.4 Å². The van der Waals surface area contributed by atoms with Crippen LogP contribution in [0.3, 0.4) is 0 Å². The molecule has 0 aromatic heterocycles. The molecule has 0 fully saturated rings. The maximum atomic E-state index is 5.87. The molecule has 0 heterocycles. The van der Waals surface area contributed by atoms with Gasteiger partial charge in [-0.1, -0.05) is 35.5 Å². The van der Waals surface area contributed by atoms with E-state index in [0.29, 0.717) is 13.0 Å². The molecule has 0 saturated heterocycles. The lowest BCUT2D eigenvalue weighted by molar-refractivity contribution is -0.0262. The fraction of sp³-hybridized carbons (Fsp3) is 0.333. The summed E-state index contributed by atoms with van der Waals surface area (Å²) in [5.74, 6) is 0.857. The number of aliphatic imine (C=N–C) groups is 1. The van der Waals surface area contributed by atoms with Gasteiger partial charge >= 0.3 is 0 Å². The third-order valence-electron chi connectivity index (χ3n) is 3.36. The maximum Gasteiger partial charge on any atom is 0.274 e. The Labute approximate surface area is 137 Å². The zero-order valence-electron chi connectivity index (χ0n) is 13.8. The second kappa shape index (κ2) is 8.29. The van der Waals surface area contributed by atoms with Crippen molar-refractivity contribution in [3.8, 4) is 5.75 Å². The highest BCUT2D eigenvalue weighted by Crippen LogP contribution is 2.18. The van der Waals surface area contributed by atoms with Crippen molar-refractivity contribution in [3.05, 3.63) is 53.6 Å². The van der Waals surface area contributed by atoms with Gasteiger partial charge in [0.15, 0.2) is 0 Å². The van der Waals surface area contributed by atoms with Gasteiger partial charge in [-0.3, -0.25) is 4.90 Å². The van der Waals surface area contributed by atoms with Crippen molar-refractivity contribution in [1.29, 1.82) is 0 Å². The normalized spacial score (nSPS) is 17.0. The van der Waals surface area contributed by atoms with Gasteiger partial charge in [-0.2, -0.15) is 0 Å². The Morgan fingerprint density at radius 1 is 1.35 bits per heavy atom. The van der Waals surface area contributed by atoms with E-state index >= 15 is 0 Å². The number of oxime groups is 1. The van der Waals surface area contributed by atoms with Crippen LogP contribution in [0.25, 0.3) is 0 Å². The van der Waals surface area contributed by atoms with E-state index < -0.39 is 6.35 Å². The van der Waals surface area contributed by atoms with Crippen LogP contribution in [0.4, 0.5) is 0 Å². The SMILES string of the molecule is C=NC(ON=C1CC=C[C]=C1COc1ccccc1C)N(C)C. The minimum absolute atomic E-state index is 0.394. The molecule has 0 amide bonds.